The first-order valence-electron chi connectivity index (χ1n) is 23.8. The topological polar surface area (TPSA) is 159 Å². The molecular weight excluding hydrogens is 906 g/mol. The minimum Gasteiger partial charge on any atom is -0.872 e. The Bertz CT molecular complexity index is 2300. The van der Waals surface area contributed by atoms with Crippen molar-refractivity contribution in [2.45, 2.75) is 119 Å². The maximum atomic E-state index is 13.7. The third kappa shape index (κ3) is 16.5. The number of aliphatic carboxylic acids is 1. The SMILES string of the molecule is CC(=O)[O-].CCCOc1c2cccc1Cc1cccc(c1OCCN=Cc1cc(C(C)(C)C)cc(C(C)(C)C)c1[O-])Cc1cccc(c1OCCC)Cc1cccc(c1OCCN)C2.CCO.[Zn+2]. The number of hydrogen-bond acceptors (Lipinski definition) is 10. The molecule has 0 saturated heterocycles. The van der Waals surface area contributed by atoms with Gasteiger partial charge in [0, 0.05) is 51.0 Å². The molecule has 362 valence electrons. The summed E-state index contributed by atoms with van der Waals surface area (Å²) >= 11 is 0. The fourth-order valence-electron chi connectivity index (χ4n) is 7.90. The molecule has 68 heavy (non-hydrogen) atoms. The predicted octanol–water partition coefficient (Wildman–Crippen LogP) is 9.20. The molecule has 0 amide bonds. The number of carboxylic acids is 1. The van der Waals surface area contributed by atoms with Crippen LogP contribution in [0.25, 0.3) is 0 Å². The summed E-state index contributed by atoms with van der Waals surface area (Å²) in [7, 11) is 0. The van der Waals surface area contributed by atoms with Crippen LogP contribution in [-0.4, -0.2) is 63.4 Å². The van der Waals surface area contributed by atoms with Crippen molar-refractivity contribution in [1.82, 2.24) is 0 Å². The average molecular weight is 981 g/mol. The molecule has 0 saturated carbocycles. The molecule has 5 aromatic rings. The van der Waals surface area contributed by atoms with E-state index in [2.05, 4.69) is 134 Å². The van der Waals surface area contributed by atoms with E-state index in [1.807, 2.05) is 6.07 Å². The first kappa shape index (κ1) is 57.1. The van der Waals surface area contributed by atoms with Crippen LogP contribution in [-0.2, 0) is 60.8 Å². The molecule has 0 heterocycles. The Morgan fingerprint density at radius 3 is 1.25 bits per heavy atom. The molecule has 0 atom stereocenters. The van der Waals surface area contributed by atoms with Gasteiger partial charge in [0.05, 0.1) is 19.8 Å². The van der Waals surface area contributed by atoms with E-state index in [0.717, 1.165) is 98.4 Å². The maximum absolute atomic E-state index is 13.7. The minimum atomic E-state index is -1.08. The van der Waals surface area contributed by atoms with Crippen molar-refractivity contribution < 1.29 is 58.5 Å². The first-order valence-corrected chi connectivity index (χ1v) is 23.8. The van der Waals surface area contributed by atoms with Crippen LogP contribution in [0.1, 0.15) is 143 Å². The van der Waals surface area contributed by atoms with Gasteiger partial charge < -0.3 is 44.8 Å². The van der Waals surface area contributed by atoms with Crippen LogP contribution in [0.5, 0.6) is 28.7 Å². The smallest absolute Gasteiger partial charge is 0.872 e. The van der Waals surface area contributed by atoms with Crippen molar-refractivity contribution >= 4 is 12.2 Å². The van der Waals surface area contributed by atoms with E-state index in [4.69, 9.17) is 44.7 Å². The minimum absolute atomic E-state index is 0. The second-order valence-electron chi connectivity index (χ2n) is 18.8. The van der Waals surface area contributed by atoms with E-state index in [0.29, 0.717) is 70.8 Å². The van der Waals surface area contributed by atoms with Crippen LogP contribution in [0.2, 0.25) is 0 Å². The Balaban J connectivity index is 0.00000144. The van der Waals surface area contributed by atoms with Gasteiger partial charge in [-0.3, -0.25) is 4.99 Å². The number of aliphatic hydroxyl groups is 1. The van der Waals surface area contributed by atoms with Gasteiger partial charge in [0.1, 0.15) is 36.2 Å². The molecule has 0 radical (unpaired) electrons. The Morgan fingerprint density at radius 2 is 0.956 bits per heavy atom. The summed E-state index contributed by atoms with van der Waals surface area (Å²) < 4.78 is 26.5. The van der Waals surface area contributed by atoms with Crippen LogP contribution in [0.4, 0.5) is 0 Å². The number of ether oxygens (including phenoxy) is 4. The van der Waals surface area contributed by atoms with E-state index >= 15 is 0 Å². The third-order valence-electron chi connectivity index (χ3n) is 11.0. The maximum Gasteiger partial charge on any atom is 2.00 e. The number of benzene rings is 5. The predicted molar refractivity (Wildman–Crippen MR) is 268 cm³/mol. The molecule has 0 spiro atoms. The van der Waals surface area contributed by atoms with E-state index in [9.17, 15) is 5.11 Å². The second kappa shape index (κ2) is 27.7. The Labute approximate surface area is 419 Å². The zero-order chi connectivity index (χ0) is 49.1. The Morgan fingerprint density at radius 1 is 0.632 bits per heavy atom. The van der Waals surface area contributed by atoms with Gasteiger partial charge in [-0.1, -0.05) is 146 Å². The van der Waals surface area contributed by atoms with Crippen molar-refractivity contribution in [2.75, 3.05) is 46.1 Å². The van der Waals surface area contributed by atoms with Gasteiger partial charge >= 0.3 is 19.5 Å². The Hall–Kier alpha value is -5.22. The summed E-state index contributed by atoms with van der Waals surface area (Å²) in [5, 5.41) is 30.1. The summed E-state index contributed by atoms with van der Waals surface area (Å²) in [6.07, 6.45) is 6.04. The molecule has 0 aliphatic heterocycles. The molecule has 10 nitrogen and oxygen atoms in total. The van der Waals surface area contributed by atoms with E-state index in [1.54, 1.807) is 13.1 Å². The number of para-hydroxylation sites is 4. The number of hydrogen-bond donors (Lipinski definition) is 2. The molecule has 0 fully saturated rings. The number of nitrogens with zero attached hydrogens (tertiary/aromatic N) is 1. The average Bonchev–Trinajstić information content (AvgIpc) is 3.26. The van der Waals surface area contributed by atoms with Crippen LogP contribution in [0.15, 0.2) is 89.9 Å². The first-order chi connectivity index (χ1) is 32.0. The van der Waals surface area contributed by atoms with Crippen LogP contribution < -0.4 is 34.9 Å². The monoisotopic (exact) mass is 978 g/mol. The summed E-state index contributed by atoms with van der Waals surface area (Å²) in [4.78, 5) is 13.7. The van der Waals surface area contributed by atoms with E-state index < -0.39 is 5.97 Å². The molecule has 6 rings (SSSR count). The molecule has 1 aliphatic carbocycles. The van der Waals surface area contributed by atoms with Crippen molar-refractivity contribution in [3.8, 4) is 28.7 Å². The van der Waals surface area contributed by atoms with Gasteiger partial charge in [0.2, 0.25) is 0 Å². The number of aliphatic hydroxyl groups excluding tert-OH is 1. The number of rotatable bonds is 14. The molecule has 3 N–H and O–H groups in total. The molecule has 5 aromatic carbocycles. The van der Waals surface area contributed by atoms with E-state index in [-0.39, 0.29) is 42.7 Å². The summed E-state index contributed by atoms with van der Waals surface area (Å²) in [5.41, 5.74) is 16.9. The fraction of sp³-hybridized carbons (Fsp3) is 0.439. The van der Waals surface area contributed by atoms with Crippen molar-refractivity contribution in [2.24, 2.45) is 10.7 Å². The van der Waals surface area contributed by atoms with Gasteiger partial charge in [-0.05, 0) is 98.7 Å². The third-order valence-corrected chi connectivity index (χ3v) is 11.0. The molecular formula is C57H74N2O8Zn. The van der Waals surface area contributed by atoms with E-state index in [1.165, 1.54) is 0 Å². The van der Waals surface area contributed by atoms with Gasteiger partial charge in [-0.25, -0.2) is 0 Å². The molecule has 8 bridgehead atoms. The van der Waals surface area contributed by atoms with Gasteiger partial charge in [-0.15, -0.1) is 0 Å². The molecule has 0 unspecified atom stereocenters. The Kier molecular flexibility index (Phi) is 23.3. The summed E-state index contributed by atoms with van der Waals surface area (Å²) in [6, 6.07) is 29.9. The molecule has 11 heteroatoms. The van der Waals surface area contributed by atoms with Crippen molar-refractivity contribution in [3.05, 3.63) is 146 Å². The summed E-state index contributed by atoms with van der Waals surface area (Å²) in [6.45, 7) is 22.8. The zero-order valence-corrected chi connectivity index (χ0v) is 45.4. The second-order valence-corrected chi connectivity index (χ2v) is 18.8. The number of carbonyl (C=O) groups excluding carboxylic acids is 1. The molecule has 1 aliphatic rings. The number of nitrogens with two attached hydrogens (primary N) is 1. The standard InChI is InChI=1S/C53H66N2O5.C2H4O2.C2H6O.Zn/c1-9-25-57-48-36-15-11-17-38(48)31-42-21-14-22-43(51(42)60-28-24-55-35-44-33-45(52(3,4)5)34-46(47(44)56)53(6,7)8)32-39-18-12-16-37(49(39)58-26-10-2)30-41-20-13-19-40(29-36)50(41)59-27-23-54;1-2(3)4;1-2-3;/h11-22,33-35,56H,9-10,23-32,54H2,1-8H3;1H3,(H,3,4);3H,2H2,1H3;/q;;;+2/p-2. The number of aliphatic imine (C=N–C) groups is 1. The number of fused-ring (bicyclic) bond motifs is 8. The number of carbonyl (C=O) groups is 1. The van der Waals surface area contributed by atoms with Crippen molar-refractivity contribution in [3.63, 3.8) is 0 Å². The molecule has 0 aromatic heterocycles. The summed E-state index contributed by atoms with van der Waals surface area (Å²) in [5.74, 6) is 2.48. The van der Waals surface area contributed by atoms with Crippen LogP contribution in [0.3, 0.4) is 0 Å². The quantitative estimate of drug-likeness (QED) is 0.0617. The fourth-order valence-corrected chi connectivity index (χ4v) is 7.90. The number of carboxylic acid groups (broad SMARTS) is 1. The van der Waals surface area contributed by atoms with Crippen LogP contribution >= 0.6 is 0 Å². The van der Waals surface area contributed by atoms with Crippen molar-refractivity contribution in [1.29, 1.82) is 0 Å². The normalized spacial score (nSPS) is 12.1. The largest absolute Gasteiger partial charge is 2.00 e. The van der Waals surface area contributed by atoms with Gasteiger partial charge in [0.15, 0.2) is 0 Å². The zero-order valence-electron chi connectivity index (χ0n) is 42.4. The van der Waals surface area contributed by atoms with Crippen LogP contribution in [0, 0.1) is 0 Å². The van der Waals surface area contributed by atoms with Gasteiger partial charge in [0.25, 0.3) is 0 Å². The van der Waals surface area contributed by atoms with Gasteiger partial charge in [-0.2, -0.15) is 0 Å².